The monoisotopic (exact) mass is 190 g/mol. The summed E-state index contributed by atoms with van der Waals surface area (Å²) in [5, 5.41) is 7.65. The summed E-state index contributed by atoms with van der Waals surface area (Å²) in [6.07, 6.45) is 5.76. The number of nitrogens with zero attached hydrogens (tertiary/aromatic N) is 5. The zero-order valence-corrected chi connectivity index (χ0v) is 7.03. The molecule has 0 aliphatic heterocycles. The predicted molar refractivity (Wildman–Crippen MR) is 45.5 cm³/mol. The quantitative estimate of drug-likeness (QED) is 0.665. The van der Waals surface area contributed by atoms with Crippen LogP contribution in [0.1, 0.15) is 10.5 Å². The fraction of sp³-hybridized carbons (Fsp3) is 0. The van der Waals surface area contributed by atoms with Crippen LogP contribution in [0.25, 0.3) is 5.82 Å². The number of primary amides is 1. The molecular weight excluding hydrogens is 184 g/mol. The highest BCUT2D eigenvalue weighted by Crippen LogP contribution is 2.03. The van der Waals surface area contributed by atoms with E-state index in [9.17, 15) is 4.79 Å². The molecule has 2 aromatic rings. The molecule has 0 aromatic carbocycles. The Bertz CT molecular complexity index is 451. The van der Waals surface area contributed by atoms with E-state index in [1.165, 1.54) is 29.6 Å². The maximum absolute atomic E-state index is 11.0. The Balaban J connectivity index is 2.58. The van der Waals surface area contributed by atoms with Crippen LogP contribution in [-0.4, -0.2) is 30.9 Å². The van der Waals surface area contributed by atoms with Gasteiger partial charge in [-0.2, -0.15) is 10.2 Å². The lowest BCUT2D eigenvalue weighted by Crippen LogP contribution is -2.18. The van der Waals surface area contributed by atoms with Gasteiger partial charge in [0.05, 0.1) is 12.4 Å². The number of rotatable bonds is 2. The maximum atomic E-state index is 11.0. The van der Waals surface area contributed by atoms with Crippen molar-refractivity contribution in [3.63, 3.8) is 0 Å². The molecule has 0 spiro atoms. The second kappa shape index (κ2) is 3.21. The van der Waals surface area contributed by atoms with E-state index in [0.29, 0.717) is 0 Å². The number of hydrogen-bond donors (Lipinski definition) is 1. The lowest BCUT2D eigenvalue weighted by atomic mass is 10.4. The van der Waals surface area contributed by atoms with Gasteiger partial charge < -0.3 is 5.73 Å². The Morgan fingerprint density at radius 1 is 1.14 bits per heavy atom. The average molecular weight is 190 g/mol. The minimum Gasteiger partial charge on any atom is -0.364 e. The molecule has 2 heterocycles. The first-order valence-corrected chi connectivity index (χ1v) is 3.76. The van der Waals surface area contributed by atoms with Crippen LogP contribution in [0.2, 0.25) is 0 Å². The first-order valence-electron chi connectivity index (χ1n) is 3.76. The van der Waals surface area contributed by atoms with Crippen LogP contribution >= 0.6 is 0 Å². The zero-order valence-electron chi connectivity index (χ0n) is 7.03. The fourth-order valence-corrected chi connectivity index (χ4v) is 0.976. The molecule has 0 unspecified atom stereocenters. The molecular formula is C7H6N6O. The summed E-state index contributed by atoms with van der Waals surface area (Å²) < 4.78 is 0. The summed E-state index contributed by atoms with van der Waals surface area (Å²) >= 11 is 0. The summed E-state index contributed by atoms with van der Waals surface area (Å²) in [4.78, 5) is 19.9. The van der Waals surface area contributed by atoms with Gasteiger partial charge in [-0.05, 0) is 0 Å². The Labute approximate surface area is 78.6 Å². The number of carbonyl (C=O) groups excluding carboxylic acids is 1. The standard InChI is InChI=1S/C7H6N6O/c8-6(14)5-7(10-2-1-9-5)13-11-3-4-12-13/h1-4H,(H2,8,14). The van der Waals surface area contributed by atoms with Crippen molar-refractivity contribution in [3.05, 3.63) is 30.5 Å². The van der Waals surface area contributed by atoms with Gasteiger partial charge in [0.15, 0.2) is 5.69 Å². The highest BCUT2D eigenvalue weighted by Gasteiger charge is 2.12. The fourth-order valence-electron chi connectivity index (χ4n) is 0.976. The van der Waals surface area contributed by atoms with Gasteiger partial charge in [-0.15, -0.1) is 4.80 Å². The molecule has 0 saturated heterocycles. The molecule has 7 heteroatoms. The van der Waals surface area contributed by atoms with Crippen LogP contribution in [0, 0.1) is 0 Å². The molecule has 0 bridgehead atoms. The SMILES string of the molecule is NC(=O)c1nccnc1-n1nccn1. The molecule has 0 radical (unpaired) electrons. The van der Waals surface area contributed by atoms with E-state index >= 15 is 0 Å². The second-order valence-corrected chi connectivity index (χ2v) is 2.41. The smallest absolute Gasteiger partial charge is 0.271 e. The summed E-state index contributed by atoms with van der Waals surface area (Å²) in [6, 6.07) is 0. The predicted octanol–water partition coefficient (Wildman–Crippen LogP) is -0.844. The van der Waals surface area contributed by atoms with Gasteiger partial charge in [0.1, 0.15) is 0 Å². The lowest BCUT2D eigenvalue weighted by molar-refractivity contribution is 0.0995. The average Bonchev–Trinajstić information content (AvgIpc) is 2.70. The van der Waals surface area contributed by atoms with E-state index in [-0.39, 0.29) is 11.5 Å². The van der Waals surface area contributed by atoms with E-state index in [1.807, 2.05) is 0 Å². The van der Waals surface area contributed by atoms with Gasteiger partial charge in [0.2, 0.25) is 5.82 Å². The van der Waals surface area contributed by atoms with Crippen LogP contribution in [0.4, 0.5) is 0 Å². The summed E-state index contributed by atoms with van der Waals surface area (Å²) in [5.41, 5.74) is 5.16. The zero-order chi connectivity index (χ0) is 9.97. The molecule has 0 saturated carbocycles. The Morgan fingerprint density at radius 3 is 2.43 bits per heavy atom. The molecule has 2 aromatic heterocycles. The summed E-state index contributed by atoms with van der Waals surface area (Å²) in [6.45, 7) is 0. The topological polar surface area (TPSA) is 99.6 Å². The van der Waals surface area contributed by atoms with Crippen LogP contribution in [-0.2, 0) is 0 Å². The van der Waals surface area contributed by atoms with Gasteiger partial charge in [-0.1, -0.05) is 0 Å². The van der Waals surface area contributed by atoms with Gasteiger partial charge >= 0.3 is 0 Å². The highest BCUT2D eigenvalue weighted by atomic mass is 16.1. The summed E-state index contributed by atoms with van der Waals surface area (Å²) in [5.74, 6) is -0.435. The highest BCUT2D eigenvalue weighted by molar-refractivity contribution is 5.93. The van der Waals surface area contributed by atoms with E-state index in [0.717, 1.165) is 0 Å². The molecule has 2 N–H and O–H groups in total. The number of amides is 1. The molecule has 1 amide bonds. The Kier molecular flexibility index (Phi) is 1.90. The first-order chi connectivity index (χ1) is 6.79. The molecule has 70 valence electrons. The second-order valence-electron chi connectivity index (χ2n) is 2.41. The molecule has 14 heavy (non-hydrogen) atoms. The van der Waals surface area contributed by atoms with E-state index in [4.69, 9.17) is 5.73 Å². The van der Waals surface area contributed by atoms with Gasteiger partial charge in [0.25, 0.3) is 5.91 Å². The normalized spacial score (nSPS) is 10.0. The van der Waals surface area contributed by atoms with Crippen LogP contribution in [0.15, 0.2) is 24.8 Å². The molecule has 0 fully saturated rings. The molecule has 0 atom stereocenters. The van der Waals surface area contributed by atoms with Crippen molar-refractivity contribution in [3.8, 4) is 5.82 Å². The van der Waals surface area contributed by atoms with Crippen LogP contribution in [0.3, 0.4) is 0 Å². The van der Waals surface area contributed by atoms with Crippen molar-refractivity contribution in [2.45, 2.75) is 0 Å². The van der Waals surface area contributed by atoms with E-state index in [1.54, 1.807) is 0 Å². The van der Waals surface area contributed by atoms with Crippen molar-refractivity contribution >= 4 is 5.91 Å². The maximum Gasteiger partial charge on any atom is 0.271 e. The van der Waals surface area contributed by atoms with Crippen LogP contribution in [0.5, 0.6) is 0 Å². The minimum absolute atomic E-state index is 0.0451. The van der Waals surface area contributed by atoms with E-state index in [2.05, 4.69) is 20.2 Å². The molecule has 0 aliphatic carbocycles. The van der Waals surface area contributed by atoms with Gasteiger partial charge in [0, 0.05) is 12.4 Å². The minimum atomic E-state index is -0.662. The third-order valence-electron chi connectivity index (χ3n) is 1.52. The van der Waals surface area contributed by atoms with Gasteiger partial charge in [-0.3, -0.25) is 4.79 Å². The van der Waals surface area contributed by atoms with Crippen molar-refractivity contribution in [1.82, 2.24) is 25.0 Å². The third kappa shape index (κ3) is 1.30. The molecule has 7 nitrogen and oxygen atoms in total. The Hall–Kier alpha value is -2.31. The van der Waals surface area contributed by atoms with Crippen molar-refractivity contribution in [1.29, 1.82) is 0 Å². The largest absolute Gasteiger partial charge is 0.364 e. The number of nitrogens with two attached hydrogens (primary N) is 1. The lowest BCUT2D eigenvalue weighted by Gasteiger charge is -2.01. The number of carbonyl (C=O) groups is 1. The van der Waals surface area contributed by atoms with Crippen molar-refractivity contribution < 1.29 is 4.79 Å². The Morgan fingerprint density at radius 2 is 1.79 bits per heavy atom. The molecule has 0 aliphatic rings. The third-order valence-corrected chi connectivity index (χ3v) is 1.52. The first kappa shape index (κ1) is 8.30. The van der Waals surface area contributed by atoms with Gasteiger partial charge in [-0.25, -0.2) is 9.97 Å². The van der Waals surface area contributed by atoms with Crippen LogP contribution < -0.4 is 5.73 Å². The van der Waals surface area contributed by atoms with Crippen molar-refractivity contribution in [2.75, 3.05) is 0 Å². The van der Waals surface area contributed by atoms with Crippen molar-refractivity contribution in [2.24, 2.45) is 5.73 Å². The van der Waals surface area contributed by atoms with E-state index < -0.39 is 5.91 Å². The number of hydrogen-bond acceptors (Lipinski definition) is 5. The molecule has 2 rings (SSSR count). The number of aromatic nitrogens is 5. The summed E-state index contributed by atoms with van der Waals surface area (Å²) in [7, 11) is 0.